The van der Waals surface area contributed by atoms with Gasteiger partial charge in [0.25, 0.3) is 5.91 Å². The molecule has 0 aromatic carbocycles. The van der Waals surface area contributed by atoms with Crippen molar-refractivity contribution in [3.8, 4) is 0 Å². The Bertz CT molecular complexity index is 423. The topological polar surface area (TPSA) is 108 Å². The van der Waals surface area contributed by atoms with Gasteiger partial charge in [-0.05, 0) is 5.41 Å². The molecule has 1 aliphatic rings. The van der Waals surface area contributed by atoms with Gasteiger partial charge in [0.2, 0.25) is 5.91 Å². The average molecular weight is 269 g/mol. The molecule has 7 nitrogen and oxygen atoms in total. The summed E-state index contributed by atoms with van der Waals surface area (Å²) in [6.07, 6.45) is 0.321. The van der Waals surface area contributed by atoms with Gasteiger partial charge in [-0.1, -0.05) is 20.8 Å². The summed E-state index contributed by atoms with van der Waals surface area (Å²) in [4.78, 5) is 33.7. The molecular formula is C12H19N3O4. The minimum atomic E-state index is -0.973. The predicted octanol–water partition coefficient (Wildman–Crippen LogP) is 0.258. The Morgan fingerprint density at radius 1 is 1.42 bits per heavy atom. The highest BCUT2D eigenvalue weighted by atomic mass is 16.4. The molecule has 0 saturated heterocycles. The fourth-order valence-corrected chi connectivity index (χ4v) is 1.63. The van der Waals surface area contributed by atoms with Gasteiger partial charge in [-0.15, -0.1) is 0 Å². The largest absolute Gasteiger partial charge is 0.481 e. The van der Waals surface area contributed by atoms with E-state index in [9.17, 15) is 14.4 Å². The Morgan fingerprint density at radius 3 is 2.47 bits per heavy atom. The summed E-state index contributed by atoms with van der Waals surface area (Å²) in [5, 5.41) is 15.2. The van der Waals surface area contributed by atoms with Crippen LogP contribution in [0.3, 0.4) is 0 Å². The minimum Gasteiger partial charge on any atom is -0.481 e. The van der Waals surface area contributed by atoms with Crippen LogP contribution in [0.5, 0.6) is 0 Å². The zero-order chi connectivity index (χ0) is 14.6. The molecule has 0 aromatic rings. The number of amides is 2. The summed E-state index contributed by atoms with van der Waals surface area (Å²) in [5.41, 5.74) is 2.08. The van der Waals surface area contributed by atoms with Crippen LogP contribution in [-0.2, 0) is 14.4 Å². The van der Waals surface area contributed by atoms with Crippen LogP contribution in [0.15, 0.2) is 5.10 Å². The van der Waals surface area contributed by atoms with Crippen molar-refractivity contribution >= 4 is 23.5 Å². The summed E-state index contributed by atoms with van der Waals surface area (Å²) in [6, 6.07) is -0.502. The third-order valence-corrected chi connectivity index (χ3v) is 2.90. The molecule has 3 N–H and O–H groups in total. The number of rotatable bonds is 4. The standard InChI is InChI=1S/C12H19N3O4/c1-12(2,3)8(6-10(17)18)13-11(19)7-4-5-9(16)15-14-7/h8H,4-6H2,1-3H3,(H,13,19)(H,15,16)(H,17,18). The Balaban J connectivity index is 2.71. The first-order valence-corrected chi connectivity index (χ1v) is 6.08. The quantitative estimate of drug-likeness (QED) is 0.680. The number of hydrazone groups is 1. The van der Waals surface area contributed by atoms with Crippen LogP contribution >= 0.6 is 0 Å². The predicted molar refractivity (Wildman–Crippen MR) is 68.5 cm³/mol. The summed E-state index contributed by atoms with van der Waals surface area (Å²) in [6.45, 7) is 5.56. The van der Waals surface area contributed by atoms with Gasteiger partial charge in [-0.3, -0.25) is 14.4 Å². The summed E-state index contributed by atoms with van der Waals surface area (Å²) >= 11 is 0. The third kappa shape index (κ3) is 4.69. The van der Waals surface area contributed by atoms with E-state index in [0.717, 1.165) is 0 Å². The van der Waals surface area contributed by atoms with Crippen LogP contribution in [-0.4, -0.2) is 34.6 Å². The molecule has 106 valence electrons. The maximum atomic E-state index is 12.0. The second kappa shape index (κ2) is 5.81. The highest BCUT2D eigenvalue weighted by Gasteiger charge is 2.30. The molecule has 1 rings (SSSR count). The highest BCUT2D eigenvalue weighted by molar-refractivity contribution is 6.39. The number of carbonyl (C=O) groups is 3. The van der Waals surface area contributed by atoms with Crippen molar-refractivity contribution in [3.05, 3.63) is 0 Å². The molecule has 1 unspecified atom stereocenters. The van der Waals surface area contributed by atoms with Gasteiger partial charge in [0, 0.05) is 18.9 Å². The zero-order valence-electron chi connectivity index (χ0n) is 11.3. The molecule has 7 heteroatoms. The van der Waals surface area contributed by atoms with E-state index in [2.05, 4.69) is 15.8 Å². The van der Waals surface area contributed by atoms with E-state index in [4.69, 9.17) is 5.11 Å². The van der Waals surface area contributed by atoms with Crippen molar-refractivity contribution in [2.45, 2.75) is 46.1 Å². The number of carboxylic acids is 1. The van der Waals surface area contributed by atoms with E-state index in [1.807, 2.05) is 20.8 Å². The van der Waals surface area contributed by atoms with Crippen LogP contribution in [0, 0.1) is 5.41 Å². The lowest BCUT2D eigenvalue weighted by Crippen LogP contribution is -2.48. The van der Waals surface area contributed by atoms with E-state index >= 15 is 0 Å². The van der Waals surface area contributed by atoms with E-state index in [0.29, 0.717) is 0 Å². The molecule has 0 saturated carbocycles. The van der Waals surface area contributed by atoms with Crippen LogP contribution in [0.25, 0.3) is 0 Å². The zero-order valence-corrected chi connectivity index (χ0v) is 11.3. The number of nitrogens with one attached hydrogen (secondary N) is 2. The Morgan fingerprint density at radius 2 is 2.05 bits per heavy atom. The average Bonchev–Trinajstić information content (AvgIpc) is 2.27. The van der Waals surface area contributed by atoms with Crippen molar-refractivity contribution in [1.29, 1.82) is 0 Å². The maximum Gasteiger partial charge on any atom is 0.305 e. The summed E-state index contributed by atoms with van der Waals surface area (Å²) in [7, 11) is 0. The van der Waals surface area contributed by atoms with E-state index in [-0.39, 0.29) is 36.3 Å². The molecule has 1 aliphatic heterocycles. The van der Waals surface area contributed by atoms with E-state index in [1.165, 1.54) is 0 Å². The Hall–Kier alpha value is -1.92. The van der Waals surface area contributed by atoms with Crippen molar-refractivity contribution in [3.63, 3.8) is 0 Å². The van der Waals surface area contributed by atoms with Crippen LogP contribution in [0.2, 0.25) is 0 Å². The number of hydrogen-bond donors (Lipinski definition) is 3. The number of carboxylic acid groups (broad SMARTS) is 1. The monoisotopic (exact) mass is 269 g/mol. The summed E-state index contributed by atoms with van der Waals surface area (Å²) < 4.78 is 0. The van der Waals surface area contributed by atoms with Gasteiger partial charge < -0.3 is 10.4 Å². The normalized spacial score (nSPS) is 17.2. The Kier molecular flexibility index (Phi) is 4.63. The maximum absolute atomic E-state index is 12.0. The van der Waals surface area contributed by atoms with Gasteiger partial charge in [-0.25, -0.2) is 5.43 Å². The van der Waals surface area contributed by atoms with Crippen LogP contribution in [0.4, 0.5) is 0 Å². The van der Waals surface area contributed by atoms with Gasteiger partial charge in [0.1, 0.15) is 5.71 Å². The molecule has 0 aliphatic carbocycles. The number of nitrogens with zero attached hydrogens (tertiary/aromatic N) is 1. The first kappa shape index (κ1) is 15.1. The first-order chi connectivity index (χ1) is 8.70. The molecule has 2 amide bonds. The Labute approximate surface area is 111 Å². The lowest BCUT2D eigenvalue weighted by Gasteiger charge is -2.30. The molecule has 1 heterocycles. The molecular weight excluding hydrogens is 250 g/mol. The molecule has 0 bridgehead atoms. The molecule has 0 fully saturated rings. The molecule has 1 atom stereocenters. The fraction of sp³-hybridized carbons (Fsp3) is 0.667. The highest BCUT2D eigenvalue weighted by Crippen LogP contribution is 2.22. The molecule has 0 spiro atoms. The van der Waals surface area contributed by atoms with Crippen molar-refractivity contribution in [2.24, 2.45) is 10.5 Å². The van der Waals surface area contributed by atoms with Gasteiger partial charge in [0.05, 0.1) is 6.42 Å². The second-order valence-corrected chi connectivity index (χ2v) is 5.58. The fourth-order valence-electron chi connectivity index (χ4n) is 1.63. The SMILES string of the molecule is CC(C)(C)C(CC(=O)O)NC(=O)C1=NNC(=O)CC1. The van der Waals surface area contributed by atoms with Crippen molar-refractivity contribution in [1.82, 2.24) is 10.7 Å². The van der Waals surface area contributed by atoms with E-state index < -0.39 is 17.9 Å². The lowest BCUT2D eigenvalue weighted by atomic mass is 9.84. The second-order valence-electron chi connectivity index (χ2n) is 5.58. The van der Waals surface area contributed by atoms with Gasteiger partial charge in [0.15, 0.2) is 0 Å². The molecule has 19 heavy (non-hydrogen) atoms. The number of carbonyl (C=O) groups excluding carboxylic acids is 2. The third-order valence-electron chi connectivity index (χ3n) is 2.90. The van der Waals surface area contributed by atoms with Gasteiger partial charge in [-0.2, -0.15) is 5.10 Å². The minimum absolute atomic E-state index is 0.158. The van der Waals surface area contributed by atoms with Crippen molar-refractivity contribution in [2.75, 3.05) is 0 Å². The van der Waals surface area contributed by atoms with Crippen LogP contribution in [0.1, 0.15) is 40.0 Å². The van der Waals surface area contributed by atoms with Crippen LogP contribution < -0.4 is 10.7 Å². The number of aliphatic carboxylic acids is 1. The van der Waals surface area contributed by atoms with Gasteiger partial charge >= 0.3 is 5.97 Å². The van der Waals surface area contributed by atoms with Crippen molar-refractivity contribution < 1.29 is 19.5 Å². The first-order valence-electron chi connectivity index (χ1n) is 6.08. The molecule has 0 aromatic heterocycles. The van der Waals surface area contributed by atoms with E-state index in [1.54, 1.807) is 0 Å². The lowest BCUT2D eigenvalue weighted by molar-refractivity contribution is -0.138. The summed E-state index contributed by atoms with van der Waals surface area (Å²) in [5.74, 6) is -1.63. The number of hydrogen-bond acceptors (Lipinski definition) is 4. The smallest absolute Gasteiger partial charge is 0.305 e. The molecule has 0 radical (unpaired) electrons.